The van der Waals surface area contributed by atoms with Gasteiger partial charge in [-0.15, -0.1) is 0 Å². The van der Waals surface area contributed by atoms with E-state index in [1.165, 1.54) is 4.72 Å². The molecule has 0 bridgehead atoms. The van der Waals surface area contributed by atoms with Crippen molar-refractivity contribution in [3.05, 3.63) is 0 Å². The molecule has 0 heterocycles. The van der Waals surface area contributed by atoms with Crippen molar-refractivity contribution >= 4 is 10.0 Å². The van der Waals surface area contributed by atoms with E-state index in [0.29, 0.717) is 13.0 Å². The highest BCUT2D eigenvalue weighted by atomic mass is 32.2. The molecule has 0 unspecified atom stereocenters. The van der Waals surface area contributed by atoms with Crippen molar-refractivity contribution in [1.29, 1.82) is 0 Å². The average molecular weight is 294 g/mol. The van der Waals surface area contributed by atoms with Gasteiger partial charge in [0, 0.05) is 0 Å². The number of halogens is 4. The van der Waals surface area contributed by atoms with E-state index >= 15 is 0 Å². The van der Waals surface area contributed by atoms with Crippen LogP contribution in [0.3, 0.4) is 0 Å². The monoisotopic (exact) mass is 294 g/mol. The number of unbranched alkanes of at least 4 members (excludes halogenated alkanes) is 1. The molecule has 0 aromatic carbocycles. The summed E-state index contributed by atoms with van der Waals surface area (Å²) in [7, 11) is -3.93. The number of rotatable bonds is 10. The van der Waals surface area contributed by atoms with Crippen LogP contribution >= 0.6 is 0 Å². The molecule has 0 fully saturated rings. The van der Waals surface area contributed by atoms with Crippen LogP contribution in [-0.4, -0.2) is 46.2 Å². The van der Waals surface area contributed by atoms with Crippen molar-refractivity contribution < 1.29 is 26.0 Å². The van der Waals surface area contributed by atoms with Gasteiger partial charge in [-0.3, -0.25) is 0 Å². The number of hydrogen-bond donors (Lipinski definition) is 2. The molecule has 0 saturated carbocycles. The second-order valence-corrected chi connectivity index (χ2v) is 5.69. The van der Waals surface area contributed by atoms with Crippen LogP contribution in [0, 0.1) is 0 Å². The fourth-order valence-electron chi connectivity index (χ4n) is 1.07. The molecule has 2 N–H and O–H groups in total. The molecule has 0 aromatic heterocycles. The van der Waals surface area contributed by atoms with Gasteiger partial charge in [-0.25, -0.2) is 21.9 Å². The number of alkyl halides is 4. The molecule has 0 atom stereocenters. The summed E-state index contributed by atoms with van der Waals surface area (Å²) in [5.41, 5.74) is 0. The molecule has 0 saturated heterocycles. The summed E-state index contributed by atoms with van der Waals surface area (Å²) in [6, 6.07) is 0. The normalized spacial score (nSPS) is 13.2. The Labute approximate surface area is 104 Å². The molecule has 0 aromatic rings. The molecule has 110 valence electrons. The first kappa shape index (κ1) is 17.6. The smallest absolute Gasteiger partial charge is 0.317 e. The Hall–Kier alpha value is -0.410. The molecule has 0 amide bonds. The maximum Gasteiger partial charge on any atom is 0.320 e. The summed E-state index contributed by atoms with van der Waals surface area (Å²) in [6.07, 6.45) is -3.03. The first-order chi connectivity index (χ1) is 8.21. The molecule has 0 radical (unpaired) electrons. The highest BCUT2D eigenvalue weighted by Crippen LogP contribution is 2.21. The van der Waals surface area contributed by atoms with Gasteiger partial charge in [0.15, 0.2) is 0 Å². The van der Waals surface area contributed by atoms with Gasteiger partial charge < -0.3 is 5.32 Å². The van der Waals surface area contributed by atoms with Gasteiger partial charge in [0.05, 0.1) is 12.3 Å². The Morgan fingerprint density at radius 3 is 2.33 bits per heavy atom. The second-order valence-electron chi connectivity index (χ2n) is 3.76. The minimum absolute atomic E-state index is 0.280. The zero-order valence-electron chi connectivity index (χ0n) is 10.1. The third-order valence-electron chi connectivity index (χ3n) is 2.11. The lowest BCUT2D eigenvalue weighted by molar-refractivity contribution is -0.122. The standard InChI is InChI=1S/C9H18F4N2O2S/c1-2-14-5-3-4-6-18(16,17)15-7-9(12,13)8(10)11/h8,14-15H,2-7H2,1H3. The van der Waals surface area contributed by atoms with E-state index in [2.05, 4.69) is 5.32 Å². The lowest BCUT2D eigenvalue weighted by atomic mass is 10.3. The molecule has 4 nitrogen and oxygen atoms in total. The SMILES string of the molecule is CCNCCCCS(=O)(=O)NCC(F)(F)C(F)F. The van der Waals surface area contributed by atoms with Crippen LogP contribution in [0.15, 0.2) is 0 Å². The summed E-state index contributed by atoms with van der Waals surface area (Å²) < 4.78 is 72.5. The van der Waals surface area contributed by atoms with Crippen LogP contribution in [-0.2, 0) is 10.0 Å². The Kier molecular flexibility index (Phi) is 7.72. The van der Waals surface area contributed by atoms with Crippen LogP contribution in [0.1, 0.15) is 19.8 Å². The Morgan fingerprint density at radius 2 is 1.83 bits per heavy atom. The van der Waals surface area contributed by atoms with E-state index < -0.39 is 28.9 Å². The quantitative estimate of drug-likeness (QED) is 0.470. The molecule has 0 aliphatic carbocycles. The number of hydrogen-bond acceptors (Lipinski definition) is 3. The van der Waals surface area contributed by atoms with Crippen molar-refractivity contribution in [3.8, 4) is 0 Å². The lowest BCUT2D eigenvalue weighted by Crippen LogP contribution is -2.42. The fraction of sp³-hybridized carbons (Fsp3) is 1.00. The van der Waals surface area contributed by atoms with Gasteiger partial charge in [-0.1, -0.05) is 6.92 Å². The van der Waals surface area contributed by atoms with Crippen molar-refractivity contribution in [3.63, 3.8) is 0 Å². The summed E-state index contributed by atoms with van der Waals surface area (Å²) in [5, 5.41) is 2.97. The van der Waals surface area contributed by atoms with E-state index in [1.807, 2.05) is 6.92 Å². The molecule has 0 aliphatic rings. The van der Waals surface area contributed by atoms with E-state index in [4.69, 9.17) is 0 Å². The van der Waals surface area contributed by atoms with Gasteiger partial charge in [0.2, 0.25) is 10.0 Å². The van der Waals surface area contributed by atoms with E-state index in [-0.39, 0.29) is 12.2 Å². The topological polar surface area (TPSA) is 58.2 Å². The van der Waals surface area contributed by atoms with Gasteiger partial charge >= 0.3 is 12.3 Å². The van der Waals surface area contributed by atoms with Crippen LogP contribution in [0.5, 0.6) is 0 Å². The molecular formula is C9H18F4N2O2S. The second kappa shape index (κ2) is 7.90. The first-order valence-corrected chi connectivity index (χ1v) is 7.20. The van der Waals surface area contributed by atoms with Gasteiger partial charge in [0.1, 0.15) is 0 Å². The Balaban J connectivity index is 3.94. The Morgan fingerprint density at radius 1 is 1.22 bits per heavy atom. The maximum atomic E-state index is 12.5. The minimum Gasteiger partial charge on any atom is -0.317 e. The van der Waals surface area contributed by atoms with Crippen molar-refractivity contribution in [2.75, 3.05) is 25.4 Å². The predicted octanol–water partition coefficient (Wildman–Crippen LogP) is 1.20. The summed E-state index contributed by atoms with van der Waals surface area (Å²) in [6.45, 7) is 1.70. The van der Waals surface area contributed by atoms with Crippen molar-refractivity contribution in [1.82, 2.24) is 10.0 Å². The molecule has 18 heavy (non-hydrogen) atoms. The van der Waals surface area contributed by atoms with Crippen LogP contribution < -0.4 is 10.0 Å². The number of nitrogens with one attached hydrogen (secondary N) is 2. The first-order valence-electron chi connectivity index (χ1n) is 5.55. The lowest BCUT2D eigenvalue weighted by Gasteiger charge is -2.15. The zero-order chi connectivity index (χ0) is 14.2. The highest BCUT2D eigenvalue weighted by Gasteiger charge is 2.41. The van der Waals surface area contributed by atoms with E-state index in [0.717, 1.165) is 6.54 Å². The zero-order valence-corrected chi connectivity index (χ0v) is 10.9. The summed E-state index contributed by atoms with van der Waals surface area (Å²) in [5.74, 6) is -4.69. The largest absolute Gasteiger partial charge is 0.320 e. The average Bonchev–Trinajstić information content (AvgIpc) is 2.26. The van der Waals surface area contributed by atoms with Gasteiger partial charge in [-0.05, 0) is 25.9 Å². The molecular weight excluding hydrogens is 276 g/mol. The minimum atomic E-state index is -4.34. The molecule has 0 aliphatic heterocycles. The van der Waals surface area contributed by atoms with Gasteiger partial charge in [-0.2, -0.15) is 8.78 Å². The molecule has 9 heteroatoms. The fourth-order valence-corrected chi connectivity index (χ4v) is 2.22. The highest BCUT2D eigenvalue weighted by molar-refractivity contribution is 7.89. The Bertz CT molecular complexity index is 323. The molecule has 0 rings (SSSR count). The van der Waals surface area contributed by atoms with Crippen molar-refractivity contribution in [2.45, 2.75) is 32.1 Å². The van der Waals surface area contributed by atoms with Gasteiger partial charge in [0.25, 0.3) is 0 Å². The van der Waals surface area contributed by atoms with Crippen LogP contribution in [0.2, 0.25) is 0 Å². The van der Waals surface area contributed by atoms with E-state index in [9.17, 15) is 26.0 Å². The van der Waals surface area contributed by atoms with Crippen LogP contribution in [0.4, 0.5) is 17.6 Å². The molecule has 0 spiro atoms. The van der Waals surface area contributed by atoms with E-state index in [1.54, 1.807) is 0 Å². The summed E-state index contributed by atoms with van der Waals surface area (Å²) >= 11 is 0. The van der Waals surface area contributed by atoms with Crippen molar-refractivity contribution in [2.24, 2.45) is 0 Å². The predicted molar refractivity (Wildman–Crippen MR) is 60.5 cm³/mol. The summed E-state index contributed by atoms with van der Waals surface area (Å²) in [4.78, 5) is 0. The maximum absolute atomic E-state index is 12.5. The van der Waals surface area contributed by atoms with Crippen LogP contribution in [0.25, 0.3) is 0 Å². The third-order valence-corrected chi connectivity index (χ3v) is 3.52. The number of sulfonamides is 1. The third kappa shape index (κ3) is 7.83.